The van der Waals surface area contributed by atoms with Gasteiger partial charge in [0.15, 0.2) is 15.0 Å². The summed E-state index contributed by atoms with van der Waals surface area (Å²) in [6.07, 6.45) is 3.35. The number of hydrogen-bond acceptors (Lipinski definition) is 9. The Hall–Kier alpha value is -2.51. The molecule has 2 aliphatic rings. The number of benzene rings is 1. The highest BCUT2D eigenvalue weighted by atomic mass is 32.2. The highest BCUT2D eigenvalue weighted by Gasteiger charge is 2.37. The van der Waals surface area contributed by atoms with E-state index < -0.39 is 26.7 Å². The molecule has 1 aromatic carbocycles. The van der Waals surface area contributed by atoms with Crippen LogP contribution in [0.1, 0.15) is 29.6 Å². The van der Waals surface area contributed by atoms with E-state index in [0.717, 1.165) is 24.6 Å². The SMILES string of the molecule is Cn1cnnc1Sc1ccc(C(=O)N(C[C@H]2CCCO2)[C@H]2CCS(=O)(=O)C2)cc1[N+](=O)[O-]. The van der Waals surface area contributed by atoms with E-state index in [9.17, 15) is 23.3 Å². The number of nitrogens with zero attached hydrogens (tertiary/aromatic N) is 5. The van der Waals surface area contributed by atoms with Gasteiger partial charge in [0.2, 0.25) is 0 Å². The van der Waals surface area contributed by atoms with E-state index in [2.05, 4.69) is 10.2 Å². The van der Waals surface area contributed by atoms with Crippen LogP contribution in [0.4, 0.5) is 5.69 Å². The molecule has 1 amide bonds. The number of nitro groups is 1. The Morgan fingerprint density at radius 1 is 1.41 bits per heavy atom. The second-order valence-electron chi connectivity index (χ2n) is 7.92. The molecule has 4 rings (SSSR count). The van der Waals surface area contributed by atoms with Crippen molar-refractivity contribution in [3.8, 4) is 0 Å². The van der Waals surface area contributed by atoms with Crippen LogP contribution in [-0.2, 0) is 21.6 Å². The van der Waals surface area contributed by atoms with E-state index >= 15 is 0 Å². The molecule has 2 aromatic rings. The van der Waals surface area contributed by atoms with E-state index in [0.29, 0.717) is 23.1 Å². The molecule has 2 fully saturated rings. The largest absolute Gasteiger partial charge is 0.376 e. The number of aromatic nitrogens is 3. The molecular formula is C19H23N5O6S2. The van der Waals surface area contributed by atoms with E-state index in [1.165, 1.54) is 29.4 Å². The number of ether oxygens (including phenoxy) is 1. The minimum atomic E-state index is -3.21. The second-order valence-corrected chi connectivity index (χ2v) is 11.2. The number of carbonyl (C=O) groups excluding carboxylic acids is 1. The zero-order chi connectivity index (χ0) is 22.9. The Kier molecular flexibility index (Phi) is 6.49. The molecule has 3 heterocycles. The summed E-state index contributed by atoms with van der Waals surface area (Å²) in [5.74, 6) is -0.505. The van der Waals surface area contributed by atoms with E-state index in [4.69, 9.17) is 4.74 Å². The van der Waals surface area contributed by atoms with Crippen LogP contribution in [0, 0.1) is 10.1 Å². The van der Waals surface area contributed by atoms with Crippen LogP contribution >= 0.6 is 11.8 Å². The number of carbonyl (C=O) groups is 1. The highest BCUT2D eigenvalue weighted by molar-refractivity contribution is 7.99. The first kappa shape index (κ1) is 22.7. The molecule has 13 heteroatoms. The van der Waals surface area contributed by atoms with Gasteiger partial charge in [0, 0.05) is 37.9 Å². The summed E-state index contributed by atoms with van der Waals surface area (Å²) in [5.41, 5.74) is -0.0822. The maximum Gasteiger partial charge on any atom is 0.284 e. The van der Waals surface area contributed by atoms with Crippen LogP contribution in [0.5, 0.6) is 0 Å². The molecule has 1 aromatic heterocycles. The van der Waals surface area contributed by atoms with Gasteiger partial charge < -0.3 is 14.2 Å². The molecule has 2 saturated heterocycles. The minimum Gasteiger partial charge on any atom is -0.376 e. The monoisotopic (exact) mass is 481 g/mol. The summed E-state index contributed by atoms with van der Waals surface area (Å²) in [6.45, 7) is 0.872. The van der Waals surface area contributed by atoms with Gasteiger partial charge in [-0.3, -0.25) is 14.9 Å². The Balaban J connectivity index is 1.63. The summed E-state index contributed by atoms with van der Waals surface area (Å²) >= 11 is 1.08. The van der Waals surface area contributed by atoms with Gasteiger partial charge in [0.25, 0.3) is 11.6 Å². The van der Waals surface area contributed by atoms with Crippen LogP contribution in [0.15, 0.2) is 34.6 Å². The normalized spacial score (nSPS) is 22.2. The Bertz CT molecular complexity index is 1130. The van der Waals surface area contributed by atoms with Gasteiger partial charge in [-0.2, -0.15) is 0 Å². The first-order valence-corrected chi connectivity index (χ1v) is 12.8. The third-order valence-corrected chi connectivity index (χ3v) is 8.48. The lowest BCUT2D eigenvalue weighted by Gasteiger charge is -2.30. The van der Waals surface area contributed by atoms with Gasteiger partial charge in [-0.15, -0.1) is 10.2 Å². The summed E-state index contributed by atoms with van der Waals surface area (Å²) in [4.78, 5) is 26.4. The van der Waals surface area contributed by atoms with Crippen molar-refractivity contribution in [3.05, 3.63) is 40.2 Å². The predicted octanol–water partition coefficient (Wildman–Crippen LogP) is 1.68. The Morgan fingerprint density at radius 2 is 2.22 bits per heavy atom. The average Bonchev–Trinajstić information content (AvgIpc) is 3.48. The van der Waals surface area contributed by atoms with Crippen molar-refractivity contribution in [2.75, 3.05) is 24.7 Å². The lowest BCUT2D eigenvalue weighted by molar-refractivity contribution is -0.387. The second kappa shape index (κ2) is 9.16. The van der Waals surface area contributed by atoms with Crippen LogP contribution in [-0.4, -0.2) is 75.7 Å². The fourth-order valence-corrected chi connectivity index (χ4v) is 6.52. The predicted molar refractivity (Wildman–Crippen MR) is 115 cm³/mol. The summed E-state index contributed by atoms with van der Waals surface area (Å²) in [5, 5.41) is 19.9. The van der Waals surface area contributed by atoms with E-state index in [1.54, 1.807) is 11.6 Å². The molecule has 0 radical (unpaired) electrons. The first-order chi connectivity index (χ1) is 15.2. The standard InChI is InChI=1S/C19H23N5O6S2/c1-22-12-20-21-19(22)31-17-5-4-13(9-16(17)24(26)27)18(25)23(10-15-3-2-7-30-15)14-6-8-32(28,29)11-14/h4-5,9,12,14-15H,2-3,6-8,10-11H2,1H3/t14-,15+/m0/s1. The lowest BCUT2D eigenvalue weighted by Crippen LogP contribution is -2.45. The minimum absolute atomic E-state index is 0.0282. The van der Waals surface area contributed by atoms with Crippen molar-refractivity contribution >= 4 is 33.2 Å². The maximum absolute atomic E-state index is 13.4. The van der Waals surface area contributed by atoms with Crippen LogP contribution < -0.4 is 0 Å². The van der Waals surface area contributed by atoms with Gasteiger partial charge in [-0.05, 0) is 43.2 Å². The number of hydrogen-bond donors (Lipinski definition) is 0. The first-order valence-electron chi connectivity index (χ1n) is 10.2. The van der Waals surface area contributed by atoms with Gasteiger partial charge in [-0.1, -0.05) is 0 Å². The number of nitro benzene ring substituents is 1. The molecular weight excluding hydrogens is 458 g/mol. The molecule has 32 heavy (non-hydrogen) atoms. The quantitative estimate of drug-likeness (QED) is 0.427. The maximum atomic E-state index is 13.4. The van der Waals surface area contributed by atoms with Gasteiger partial charge >= 0.3 is 0 Å². The number of rotatable bonds is 7. The number of amides is 1. The van der Waals surface area contributed by atoms with Gasteiger partial charge in [0.05, 0.1) is 27.4 Å². The van der Waals surface area contributed by atoms with Gasteiger partial charge in [-0.25, -0.2) is 8.42 Å². The fraction of sp³-hybridized carbons (Fsp3) is 0.526. The topological polar surface area (TPSA) is 138 Å². The van der Waals surface area contributed by atoms with Crippen molar-refractivity contribution in [2.24, 2.45) is 7.05 Å². The molecule has 0 spiro atoms. The van der Waals surface area contributed by atoms with Crippen molar-refractivity contribution in [2.45, 2.75) is 41.5 Å². The van der Waals surface area contributed by atoms with Crippen molar-refractivity contribution in [1.29, 1.82) is 0 Å². The average molecular weight is 482 g/mol. The van der Waals surface area contributed by atoms with E-state index in [-0.39, 0.29) is 35.4 Å². The van der Waals surface area contributed by atoms with Crippen LogP contribution in [0.3, 0.4) is 0 Å². The molecule has 2 aliphatic heterocycles. The summed E-state index contributed by atoms with van der Waals surface area (Å²) in [6, 6.07) is 3.82. The van der Waals surface area contributed by atoms with Crippen molar-refractivity contribution in [3.63, 3.8) is 0 Å². The molecule has 0 saturated carbocycles. The Labute approximate surface area is 189 Å². The number of aryl methyl sites for hydroxylation is 1. The van der Waals surface area contributed by atoms with Crippen LogP contribution in [0.25, 0.3) is 0 Å². The van der Waals surface area contributed by atoms with E-state index in [1.807, 2.05) is 0 Å². The Morgan fingerprint density at radius 3 is 2.81 bits per heavy atom. The molecule has 2 atom stereocenters. The van der Waals surface area contributed by atoms with Crippen molar-refractivity contribution in [1.82, 2.24) is 19.7 Å². The fourth-order valence-electron chi connectivity index (χ4n) is 3.94. The van der Waals surface area contributed by atoms with Crippen LogP contribution in [0.2, 0.25) is 0 Å². The number of sulfone groups is 1. The third kappa shape index (κ3) is 4.94. The molecule has 0 unspecified atom stereocenters. The third-order valence-electron chi connectivity index (χ3n) is 5.61. The zero-order valence-electron chi connectivity index (χ0n) is 17.4. The lowest BCUT2D eigenvalue weighted by atomic mass is 10.1. The smallest absolute Gasteiger partial charge is 0.284 e. The summed E-state index contributed by atoms with van der Waals surface area (Å²) in [7, 11) is -1.49. The molecule has 11 nitrogen and oxygen atoms in total. The van der Waals surface area contributed by atoms with Crippen molar-refractivity contribution < 1.29 is 22.9 Å². The molecule has 0 aliphatic carbocycles. The highest BCUT2D eigenvalue weighted by Crippen LogP contribution is 2.35. The zero-order valence-corrected chi connectivity index (χ0v) is 19.0. The molecule has 172 valence electrons. The molecule has 0 bridgehead atoms. The molecule has 0 N–H and O–H groups in total. The van der Waals surface area contributed by atoms with Gasteiger partial charge in [0.1, 0.15) is 6.33 Å². The summed E-state index contributed by atoms with van der Waals surface area (Å²) < 4.78 is 31.4.